The van der Waals surface area contributed by atoms with E-state index in [0.29, 0.717) is 11.6 Å². The molecule has 0 aromatic heterocycles. The molecule has 0 radical (unpaired) electrons. The number of nitrogens with two attached hydrogens (primary N) is 1. The molecule has 0 saturated heterocycles. The van der Waals surface area contributed by atoms with E-state index in [1.54, 1.807) is 18.2 Å². The van der Waals surface area contributed by atoms with Crippen LogP contribution in [-0.4, -0.2) is 18.0 Å². The van der Waals surface area contributed by atoms with Gasteiger partial charge in [0.1, 0.15) is 0 Å². The SMILES string of the molecule is CC(C)(CN)NC(=O)C=Cc1ccc(Cl)cc1. The maximum Gasteiger partial charge on any atom is 0.244 e. The van der Waals surface area contributed by atoms with Crippen LogP contribution in [-0.2, 0) is 4.79 Å². The molecule has 1 amide bonds. The van der Waals surface area contributed by atoms with E-state index in [1.165, 1.54) is 6.08 Å². The Hall–Kier alpha value is -1.32. The van der Waals surface area contributed by atoms with E-state index < -0.39 is 0 Å². The number of amides is 1. The zero-order valence-electron chi connectivity index (χ0n) is 10.0. The molecule has 1 rings (SSSR count). The van der Waals surface area contributed by atoms with Gasteiger partial charge in [0.2, 0.25) is 5.91 Å². The zero-order valence-corrected chi connectivity index (χ0v) is 10.8. The average Bonchev–Trinajstić information content (AvgIpc) is 2.28. The van der Waals surface area contributed by atoms with Crippen LogP contribution in [0.25, 0.3) is 6.08 Å². The third kappa shape index (κ3) is 5.02. The molecule has 0 heterocycles. The quantitative estimate of drug-likeness (QED) is 0.808. The fourth-order valence-corrected chi connectivity index (χ4v) is 1.30. The first-order valence-electron chi connectivity index (χ1n) is 5.39. The van der Waals surface area contributed by atoms with Crippen LogP contribution in [0.15, 0.2) is 30.3 Å². The van der Waals surface area contributed by atoms with Crippen LogP contribution in [0.3, 0.4) is 0 Å². The van der Waals surface area contributed by atoms with Gasteiger partial charge >= 0.3 is 0 Å². The van der Waals surface area contributed by atoms with Crippen molar-refractivity contribution in [2.24, 2.45) is 5.73 Å². The molecule has 92 valence electrons. The molecule has 0 saturated carbocycles. The third-order valence-electron chi connectivity index (χ3n) is 2.27. The molecule has 1 aromatic rings. The topological polar surface area (TPSA) is 55.1 Å². The predicted molar refractivity (Wildman–Crippen MR) is 71.8 cm³/mol. The van der Waals surface area contributed by atoms with Gasteiger partial charge in [-0.1, -0.05) is 23.7 Å². The standard InChI is InChI=1S/C13H17ClN2O/c1-13(2,9-15)16-12(17)8-5-10-3-6-11(14)7-4-10/h3-8H,9,15H2,1-2H3,(H,16,17). The smallest absolute Gasteiger partial charge is 0.244 e. The van der Waals surface area contributed by atoms with Crippen LogP contribution in [0.4, 0.5) is 0 Å². The lowest BCUT2D eigenvalue weighted by Gasteiger charge is -2.23. The highest BCUT2D eigenvalue weighted by Gasteiger charge is 2.16. The fraction of sp³-hybridized carbons (Fsp3) is 0.308. The van der Waals surface area contributed by atoms with Crippen LogP contribution in [0.5, 0.6) is 0 Å². The summed E-state index contributed by atoms with van der Waals surface area (Å²) >= 11 is 5.76. The summed E-state index contributed by atoms with van der Waals surface area (Å²) in [5.74, 6) is -0.157. The molecule has 0 aliphatic rings. The van der Waals surface area contributed by atoms with Gasteiger partial charge in [0.15, 0.2) is 0 Å². The molecule has 3 nitrogen and oxygen atoms in total. The Labute approximate surface area is 107 Å². The second-order valence-electron chi connectivity index (χ2n) is 4.46. The van der Waals surface area contributed by atoms with Crippen molar-refractivity contribution in [1.82, 2.24) is 5.32 Å². The van der Waals surface area contributed by atoms with Crippen LogP contribution < -0.4 is 11.1 Å². The van der Waals surface area contributed by atoms with E-state index in [-0.39, 0.29) is 11.4 Å². The lowest BCUT2D eigenvalue weighted by molar-refractivity contribution is -0.117. The molecular formula is C13H17ClN2O. The van der Waals surface area contributed by atoms with Gasteiger partial charge in [-0.3, -0.25) is 4.79 Å². The Morgan fingerprint density at radius 1 is 1.41 bits per heavy atom. The zero-order chi connectivity index (χ0) is 12.9. The summed E-state index contributed by atoms with van der Waals surface area (Å²) in [5.41, 5.74) is 6.06. The van der Waals surface area contributed by atoms with E-state index in [4.69, 9.17) is 17.3 Å². The largest absolute Gasteiger partial charge is 0.346 e. The first-order valence-corrected chi connectivity index (χ1v) is 5.76. The minimum absolute atomic E-state index is 0.157. The molecule has 0 bridgehead atoms. The molecule has 0 fully saturated rings. The van der Waals surface area contributed by atoms with Crippen LogP contribution in [0.1, 0.15) is 19.4 Å². The van der Waals surface area contributed by atoms with Crippen molar-refractivity contribution in [3.05, 3.63) is 40.9 Å². The fourth-order valence-electron chi connectivity index (χ4n) is 1.17. The summed E-state index contributed by atoms with van der Waals surface area (Å²) in [5, 5.41) is 3.49. The normalized spacial score (nSPS) is 11.8. The second kappa shape index (κ2) is 5.84. The van der Waals surface area contributed by atoms with Gasteiger partial charge in [-0.25, -0.2) is 0 Å². The van der Waals surface area contributed by atoms with E-state index in [9.17, 15) is 4.79 Å². The van der Waals surface area contributed by atoms with Gasteiger partial charge in [0, 0.05) is 23.2 Å². The van der Waals surface area contributed by atoms with E-state index >= 15 is 0 Å². The number of rotatable bonds is 4. The second-order valence-corrected chi connectivity index (χ2v) is 4.90. The van der Waals surface area contributed by atoms with Gasteiger partial charge in [-0.15, -0.1) is 0 Å². The molecule has 0 unspecified atom stereocenters. The highest BCUT2D eigenvalue weighted by molar-refractivity contribution is 6.30. The Bertz CT molecular complexity index is 410. The van der Waals surface area contributed by atoms with Gasteiger partial charge < -0.3 is 11.1 Å². The molecule has 0 aliphatic heterocycles. The highest BCUT2D eigenvalue weighted by atomic mass is 35.5. The Morgan fingerprint density at radius 3 is 2.53 bits per heavy atom. The molecule has 0 aliphatic carbocycles. The van der Waals surface area contributed by atoms with Gasteiger partial charge in [-0.2, -0.15) is 0 Å². The van der Waals surface area contributed by atoms with Crippen molar-refractivity contribution in [1.29, 1.82) is 0 Å². The average molecular weight is 253 g/mol. The monoisotopic (exact) mass is 252 g/mol. The van der Waals surface area contributed by atoms with E-state index in [1.807, 2.05) is 26.0 Å². The summed E-state index contributed by atoms with van der Waals surface area (Å²) in [6.45, 7) is 4.15. The molecule has 0 spiro atoms. The number of nitrogens with one attached hydrogen (secondary N) is 1. The van der Waals surface area contributed by atoms with Crippen molar-refractivity contribution in [3.8, 4) is 0 Å². The van der Waals surface area contributed by atoms with Crippen molar-refractivity contribution in [3.63, 3.8) is 0 Å². The van der Waals surface area contributed by atoms with Gasteiger partial charge in [0.25, 0.3) is 0 Å². The summed E-state index contributed by atoms with van der Waals surface area (Å²) in [6.07, 6.45) is 3.22. The van der Waals surface area contributed by atoms with Gasteiger partial charge in [-0.05, 0) is 37.6 Å². The maximum atomic E-state index is 11.6. The van der Waals surface area contributed by atoms with Crippen LogP contribution in [0, 0.1) is 0 Å². The Morgan fingerprint density at radius 2 is 2.00 bits per heavy atom. The Kier molecular flexibility index (Phi) is 4.73. The molecule has 17 heavy (non-hydrogen) atoms. The predicted octanol–water partition coefficient (Wildman–Crippen LogP) is 2.21. The maximum absolute atomic E-state index is 11.6. The number of hydrogen-bond acceptors (Lipinski definition) is 2. The minimum atomic E-state index is -0.387. The van der Waals surface area contributed by atoms with Crippen molar-refractivity contribution < 1.29 is 4.79 Å². The van der Waals surface area contributed by atoms with Gasteiger partial charge in [0.05, 0.1) is 0 Å². The van der Waals surface area contributed by atoms with E-state index in [2.05, 4.69) is 5.32 Å². The van der Waals surface area contributed by atoms with Crippen LogP contribution >= 0.6 is 11.6 Å². The van der Waals surface area contributed by atoms with Crippen molar-refractivity contribution in [2.45, 2.75) is 19.4 Å². The number of benzene rings is 1. The molecule has 1 aromatic carbocycles. The lowest BCUT2D eigenvalue weighted by atomic mass is 10.1. The number of carbonyl (C=O) groups excluding carboxylic acids is 1. The lowest BCUT2D eigenvalue weighted by Crippen LogP contribution is -2.48. The van der Waals surface area contributed by atoms with Crippen molar-refractivity contribution in [2.75, 3.05) is 6.54 Å². The summed E-state index contributed by atoms with van der Waals surface area (Å²) in [6, 6.07) is 7.26. The highest BCUT2D eigenvalue weighted by Crippen LogP contribution is 2.10. The van der Waals surface area contributed by atoms with E-state index in [0.717, 1.165) is 5.56 Å². The number of halogens is 1. The number of carbonyl (C=O) groups is 1. The first-order chi connectivity index (χ1) is 7.93. The van der Waals surface area contributed by atoms with Crippen LogP contribution in [0.2, 0.25) is 5.02 Å². The molecule has 0 atom stereocenters. The molecule has 3 N–H and O–H groups in total. The molecular weight excluding hydrogens is 236 g/mol. The van der Waals surface area contributed by atoms with Crippen molar-refractivity contribution >= 4 is 23.6 Å². The molecule has 4 heteroatoms. The summed E-state index contributed by atoms with van der Waals surface area (Å²) < 4.78 is 0. The Balaban J connectivity index is 2.60. The third-order valence-corrected chi connectivity index (χ3v) is 2.52. The summed E-state index contributed by atoms with van der Waals surface area (Å²) in [4.78, 5) is 11.6. The first kappa shape index (κ1) is 13.7. The number of hydrogen-bond donors (Lipinski definition) is 2. The summed E-state index contributed by atoms with van der Waals surface area (Å²) in [7, 11) is 0. The minimum Gasteiger partial charge on any atom is -0.346 e.